The fraction of sp³-hybridized carbons (Fsp3) is 0.333. The lowest BCUT2D eigenvalue weighted by Gasteiger charge is -2.38. The molecule has 1 fully saturated rings. The summed E-state index contributed by atoms with van der Waals surface area (Å²) < 4.78 is 45.0. The number of benzene rings is 2. The van der Waals surface area contributed by atoms with Crippen LogP contribution in [0.2, 0.25) is 0 Å². The molecule has 0 saturated carbocycles. The average Bonchev–Trinajstić information content (AvgIpc) is 3.18. The Morgan fingerprint density at radius 1 is 1.10 bits per heavy atom. The molecular formula is C21H23FN4O2S2. The van der Waals surface area contributed by atoms with E-state index in [0.717, 1.165) is 16.5 Å². The van der Waals surface area contributed by atoms with E-state index in [0.29, 0.717) is 26.1 Å². The first-order valence-electron chi connectivity index (χ1n) is 9.73. The van der Waals surface area contributed by atoms with E-state index in [2.05, 4.69) is 45.4 Å². The largest absolute Gasteiger partial charge is 0.344 e. The molecule has 1 aliphatic rings. The summed E-state index contributed by atoms with van der Waals surface area (Å²) in [6.45, 7) is 5.33. The molecule has 1 unspecified atom stereocenters. The van der Waals surface area contributed by atoms with E-state index in [1.54, 1.807) is 0 Å². The Bertz CT molecular complexity index is 1110. The maximum Gasteiger partial charge on any atom is 0.243 e. The zero-order valence-electron chi connectivity index (χ0n) is 16.8. The van der Waals surface area contributed by atoms with Gasteiger partial charge in [-0.25, -0.2) is 17.8 Å². The van der Waals surface area contributed by atoms with Gasteiger partial charge in [0.25, 0.3) is 0 Å². The van der Waals surface area contributed by atoms with Crippen LogP contribution in [0.5, 0.6) is 0 Å². The minimum Gasteiger partial charge on any atom is -0.344 e. The maximum atomic E-state index is 13.2. The summed E-state index contributed by atoms with van der Waals surface area (Å²) >= 11 is 1.34. The zero-order valence-corrected chi connectivity index (χ0v) is 18.5. The maximum absolute atomic E-state index is 13.2. The number of nitrogens with zero attached hydrogens (tertiary/aromatic N) is 4. The molecule has 0 amide bonds. The van der Waals surface area contributed by atoms with Crippen molar-refractivity contribution >= 4 is 26.7 Å². The number of hydrogen-bond acceptors (Lipinski definition) is 6. The van der Waals surface area contributed by atoms with Crippen LogP contribution in [0.25, 0.3) is 0 Å². The zero-order chi connectivity index (χ0) is 21.3. The number of rotatable bonds is 5. The fourth-order valence-electron chi connectivity index (χ4n) is 3.55. The normalized spacial score (nSPS) is 18.0. The highest BCUT2D eigenvalue weighted by molar-refractivity contribution is 7.89. The van der Waals surface area contributed by atoms with Crippen LogP contribution in [-0.4, -0.2) is 47.8 Å². The van der Waals surface area contributed by atoms with Crippen LogP contribution in [-0.2, 0) is 16.4 Å². The molecule has 4 rings (SSSR count). The molecule has 1 saturated heterocycles. The molecule has 30 heavy (non-hydrogen) atoms. The predicted molar refractivity (Wildman–Crippen MR) is 116 cm³/mol. The third kappa shape index (κ3) is 4.38. The highest BCUT2D eigenvalue weighted by atomic mass is 32.2. The Morgan fingerprint density at radius 3 is 2.47 bits per heavy atom. The van der Waals surface area contributed by atoms with E-state index in [4.69, 9.17) is 0 Å². The third-order valence-corrected chi connectivity index (χ3v) is 8.04. The first-order chi connectivity index (χ1) is 14.3. The Labute approximate surface area is 180 Å². The lowest BCUT2D eigenvalue weighted by molar-refractivity contribution is 0.306. The topological polar surface area (TPSA) is 66.4 Å². The molecule has 0 N–H and O–H groups in total. The van der Waals surface area contributed by atoms with Gasteiger partial charge >= 0.3 is 0 Å². The van der Waals surface area contributed by atoms with Crippen molar-refractivity contribution in [2.45, 2.75) is 31.2 Å². The fourth-order valence-corrected chi connectivity index (χ4v) is 5.88. The quantitative estimate of drug-likeness (QED) is 0.600. The van der Waals surface area contributed by atoms with Crippen LogP contribution in [0.4, 0.5) is 9.52 Å². The van der Waals surface area contributed by atoms with Crippen molar-refractivity contribution in [2.75, 3.05) is 24.5 Å². The van der Waals surface area contributed by atoms with E-state index in [1.807, 2.05) is 6.92 Å². The molecule has 6 nitrogen and oxygen atoms in total. The Kier molecular flexibility index (Phi) is 5.86. The summed E-state index contributed by atoms with van der Waals surface area (Å²) in [7, 11) is -3.67. The van der Waals surface area contributed by atoms with Crippen LogP contribution in [0, 0.1) is 12.7 Å². The molecule has 1 aliphatic heterocycles. The van der Waals surface area contributed by atoms with Gasteiger partial charge in [0.1, 0.15) is 11.6 Å². The molecule has 158 valence electrons. The minimum atomic E-state index is -3.67. The molecule has 0 radical (unpaired) electrons. The summed E-state index contributed by atoms with van der Waals surface area (Å²) in [4.78, 5) is 6.86. The summed E-state index contributed by atoms with van der Waals surface area (Å²) in [5.74, 6) is 0.317. The monoisotopic (exact) mass is 446 g/mol. The summed E-state index contributed by atoms with van der Waals surface area (Å²) in [5.41, 5.74) is 2.38. The van der Waals surface area contributed by atoms with Gasteiger partial charge in [0.2, 0.25) is 15.2 Å². The van der Waals surface area contributed by atoms with Gasteiger partial charge in [-0.3, -0.25) is 0 Å². The van der Waals surface area contributed by atoms with E-state index < -0.39 is 15.8 Å². The second kappa shape index (κ2) is 8.41. The van der Waals surface area contributed by atoms with Crippen molar-refractivity contribution in [1.82, 2.24) is 13.7 Å². The lowest BCUT2D eigenvalue weighted by atomic mass is 10.1. The molecule has 1 aromatic heterocycles. The number of halogens is 1. The number of sulfonamides is 1. The van der Waals surface area contributed by atoms with Gasteiger partial charge in [-0.2, -0.15) is 8.68 Å². The van der Waals surface area contributed by atoms with Crippen LogP contribution < -0.4 is 4.90 Å². The van der Waals surface area contributed by atoms with Crippen LogP contribution in [0.15, 0.2) is 53.4 Å². The Balaban J connectivity index is 1.44. The second-order valence-corrected chi connectivity index (χ2v) is 10.1. The molecule has 3 aromatic rings. The van der Waals surface area contributed by atoms with Gasteiger partial charge in [-0.05, 0) is 43.7 Å². The van der Waals surface area contributed by atoms with E-state index >= 15 is 0 Å². The molecule has 2 aromatic carbocycles. The first-order valence-corrected chi connectivity index (χ1v) is 11.9. The van der Waals surface area contributed by atoms with Crippen molar-refractivity contribution in [3.63, 3.8) is 0 Å². The number of aromatic nitrogens is 2. The van der Waals surface area contributed by atoms with Gasteiger partial charge in [0.05, 0.1) is 4.90 Å². The predicted octanol–water partition coefficient (Wildman–Crippen LogP) is 3.48. The van der Waals surface area contributed by atoms with Crippen molar-refractivity contribution in [3.05, 3.63) is 71.3 Å². The van der Waals surface area contributed by atoms with E-state index in [-0.39, 0.29) is 10.9 Å². The van der Waals surface area contributed by atoms with Crippen molar-refractivity contribution < 1.29 is 12.8 Å². The number of aryl methyl sites for hydroxylation is 1. The summed E-state index contributed by atoms with van der Waals surface area (Å²) in [6.07, 6.45) is 0.672. The van der Waals surface area contributed by atoms with Gasteiger partial charge in [-0.1, -0.05) is 29.8 Å². The number of anilines is 1. The Hall–Kier alpha value is -2.36. The molecule has 2 heterocycles. The number of piperazine rings is 1. The molecular weight excluding hydrogens is 423 g/mol. The number of hydrogen-bond donors (Lipinski definition) is 0. The minimum absolute atomic E-state index is 0.112. The molecule has 0 bridgehead atoms. The van der Waals surface area contributed by atoms with Crippen molar-refractivity contribution in [1.29, 1.82) is 0 Å². The van der Waals surface area contributed by atoms with E-state index in [9.17, 15) is 12.8 Å². The second-order valence-electron chi connectivity index (χ2n) is 7.52. The van der Waals surface area contributed by atoms with Gasteiger partial charge in [0.15, 0.2) is 0 Å². The molecule has 1 atom stereocenters. The highest BCUT2D eigenvalue weighted by Crippen LogP contribution is 2.26. The smallest absolute Gasteiger partial charge is 0.243 e. The Morgan fingerprint density at radius 2 is 1.80 bits per heavy atom. The third-order valence-electron chi connectivity index (χ3n) is 5.20. The van der Waals surface area contributed by atoms with Gasteiger partial charge < -0.3 is 4.90 Å². The van der Waals surface area contributed by atoms with Crippen LogP contribution in [0.1, 0.15) is 23.9 Å². The van der Waals surface area contributed by atoms with Crippen LogP contribution >= 0.6 is 11.5 Å². The van der Waals surface area contributed by atoms with Crippen molar-refractivity contribution in [3.8, 4) is 0 Å². The first kappa shape index (κ1) is 20.9. The van der Waals surface area contributed by atoms with Gasteiger partial charge in [0, 0.05) is 43.6 Å². The van der Waals surface area contributed by atoms with Crippen LogP contribution in [0.3, 0.4) is 0 Å². The van der Waals surface area contributed by atoms with E-state index in [1.165, 1.54) is 45.7 Å². The molecule has 0 aliphatic carbocycles. The SMILES string of the molecule is Cc1ccc(Cc2nsc(N3CCN(S(=O)(=O)c4ccc(F)cc4)C(C)C3)n2)cc1. The highest BCUT2D eigenvalue weighted by Gasteiger charge is 2.34. The van der Waals surface area contributed by atoms with Gasteiger partial charge in [-0.15, -0.1) is 0 Å². The average molecular weight is 447 g/mol. The summed E-state index contributed by atoms with van der Waals surface area (Å²) in [5, 5.41) is 0.808. The summed E-state index contributed by atoms with van der Waals surface area (Å²) in [6, 6.07) is 13.0. The standard InChI is InChI=1S/C21H23FN4O2S2/c1-15-3-5-17(6-4-15)13-20-23-21(29-24-20)25-11-12-26(16(2)14-25)30(27,28)19-9-7-18(22)8-10-19/h3-10,16H,11-14H2,1-2H3. The molecule has 9 heteroatoms. The van der Waals surface area contributed by atoms with Crippen molar-refractivity contribution in [2.24, 2.45) is 0 Å². The molecule has 0 spiro atoms. The lowest BCUT2D eigenvalue weighted by Crippen LogP contribution is -2.54.